The maximum atomic E-state index is 12.7. The van der Waals surface area contributed by atoms with Gasteiger partial charge >= 0.3 is 0 Å². The molecule has 0 aliphatic rings. The highest BCUT2D eigenvalue weighted by Crippen LogP contribution is 2.38. The van der Waals surface area contributed by atoms with Gasteiger partial charge in [-0.05, 0) is 12.1 Å². The van der Waals surface area contributed by atoms with Gasteiger partial charge in [-0.3, -0.25) is 14.7 Å². The molecule has 0 aliphatic heterocycles. The summed E-state index contributed by atoms with van der Waals surface area (Å²) in [5.74, 6) is 0.0523. The van der Waals surface area contributed by atoms with Crippen molar-refractivity contribution in [3.63, 3.8) is 0 Å². The lowest BCUT2D eigenvalue weighted by atomic mass is 10.0. The van der Waals surface area contributed by atoms with E-state index in [9.17, 15) is 14.7 Å². The van der Waals surface area contributed by atoms with Crippen LogP contribution in [0.15, 0.2) is 16.9 Å². The number of carbonyl (C=O) groups excluding carboxylic acids is 1. The van der Waals surface area contributed by atoms with E-state index in [1.165, 1.54) is 33.5 Å². The summed E-state index contributed by atoms with van der Waals surface area (Å²) in [5, 5.41) is 16.2. The number of nitrogens with two attached hydrogens (primary N) is 1. The number of carbonyl (C=O) groups is 1. The van der Waals surface area contributed by atoms with Crippen LogP contribution in [-0.2, 0) is 6.42 Å². The van der Waals surface area contributed by atoms with Gasteiger partial charge in [0, 0.05) is 18.4 Å². The molecule has 0 unspecified atom stereocenters. The summed E-state index contributed by atoms with van der Waals surface area (Å²) < 4.78 is 15.7. The average Bonchev–Trinajstić information content (AvgIpc) is 2.71. The topological polar surface area (TPSA) is 163 Å². The van der Waals surface area contributed by atoms with Gasteiger partial charge in [-0.1, -0.05) is 0 Å². The summed E-state index contributed by atoms with van der Waals surface area (Å²) in [6.45, 7) is 0. The Hall–Kier alpha value is -3.89. The van der Waals surface area contributed by atoms with Crippen molar-refractivity contribution in [2.24, 2.45) is 0 Å². The number of ketones is 1. The molecule has 3 rings (SSSR count). The quantitative estimate of drug-likeness (QED) is 0.483. The summed E-state index contributed by atoms with van der Waals surface area (Å²) in [6.07, 6.45) is 0.0153. The lowest BCUT2D eigenvalue weighted by Gasteiger charge is -2.13. The lowest BCUT2D eigenvalue weighted by Crippen LogP contribution is -2.17. The standard InChI is InChI=1S/C18H19N5O6/c1-27-11-6-8(7-12(28-2)15(11)29-3)10(24)5-4-9-14(25)13-16(23-22-9)20-18(19)21-17(13)26/h6-7H,4-5H2,1-3H3,(H4,19,20,21,23,25,26). The van der Waals surface area contributed by atoms with E-state index in [1.54, 1.807) is 0 Å². The lowest BCUT2D eigenvalue weighted by molar-refractivity contribution is 0.0981. The Bertz CT molecular complexity index is 1120. The number of nitrogen functional groups attached to an aromatic ring is 1. The van der Waals surface area contributed by atoms with E-state index >= 15 is 0 Å². The molecule has 2 aromatic heterocycles. The summed E-state index contributed by atoms with van der Waals surface area (Å²) >= 11 is 0. The molecule has 0 aliphatic carbocycles. The molecule has 0 radical (unpaired) electrons. The van der Waals surface area contributed by atoms with Crippen LogP contribution in [0, 0.1) is 0 Å². The van der Waals surface area contributed by atoms with Crippen LogP contribution in [0.5, 0.6) is 23.1 Å². The molecule has 0 fully saturated rings. The number of benzene rings is 1. The maximum Gasteiger partial charge on any atom is 0.229 e. The number of aromatic amines is 1. The predicted octanol–water partition coefficient (Wildman–Crippen LogP) is 0.842. The Kier molecular flexibility index (Phi) is 5.48. The first-order valence-corrected chi connectivity index (χ1v) is 8.46. The number of nitrogens with zero attached hydrogens (tertiary/aromatic N) is 3. The number of hydrogen-bond donors (Lipinski definition) is 3. The van der Waals surface area contributed by atoms with Crippen molar-refractivity contribution >= 4 is 22.8 Å². The molecule has 1 aromatic carbocycles. The maximum absolute atomic E-state index is 12.7. The third kappa shape index (κ3) is 3.74. The molecular formula is C18H19N5O6. The minimum absolute atomic E-state index is 0.0136. The van der Waals surface area contributed by atoms with Crippen molar-refractivity contribution in [1.29, 1.82) is 0 Å². The Labute approximate surface area is 164 Å². The first kappa shape index (κ1) is 19.9. The Morgan fingerprint density at radius 2 is 1.79 bits per heavy atom. The van der Waals surface area contributed by atoms with Crippen LogP contribution >= 0.6 is 0 Å². The number of methoxy groups -OCH3 is 3. The zero-order valence-electron chi connectivity index (χ0n) is 16.0. The monoisotopic (exact) mass is 401 g/mol. The first-order chi connectivity index (χ1) is 13.9. The third-order valence-corrected chi connectivity index (χ3v) is 4.27. The highest BCUT2D eigenvalue weighted by Gasteiger charge is 2.19. The van der Waals surface area contributed by atoms with E-state index in [2.05, 4.69) is 20.2 Å². The normalized spacial score (nSPS) is 10.7. The zero-order chi connectivity index (χ0) is 21.1. The molecule has 0 bridgehead atoms. The smallest absolute Gasteiger partial charge is 0.229 e. The Balaban J connectivity index is 1.88. The van der Waals surface area contributed by atoms with Gasteiger partial charge in [0.25, 0.3) is 0 Å². The van der Waals surface area contributed by atoms with Gasteiger partial charge in [0.2, 0.25) is 23.0 Å². The molecule has 29 heavy (non-hydrogen) atoms. The Morgan fingerprint density at radius 1 is 1.14 bits per heavy atom. The molecule has 152 valence electrons. The summed E-state index contributed by atoms with van der Waals surface area (Å²) in [4.78, 5) is 32.6. The number of nitrogens with one attached hydrogen (secondary N) is 1. The summed E-state index contributed by atoms with van der Waals surface area (Å²) in [7, 11) is 4.36. The highest BCUT2D eigenvalue weighted by atomic mass is 16.5. The van der Waals surface area contributed by atoms with Crippen LogP contribution in [0.2, 0.25) is 0 Å². The fourth-order valence-corrected chi connectivity index (χ4v) is 2.86. The Morgan fingerprint density at radius 3 is 2.38 bits per heavy atom. The molecule has 11 heteroatoms. The van der Waals surface area contributed by atoms with E-state index in [0.29, 0.717) is 22.8 Å². The summed E-state index contributed by atoms with van der Waals surface area (Å²) in [6, 6.07) is 3.06. The van der Waals surface area contributed by atoms with Crippen LogP contribution in [0.4, 0.5) is 5.95 Å². The van der Waals surface area contributed by atoms with Gasteiger partial charge < -0.3 is 25.1 Å². The van der Waals surface area contributed by atoms with Crippen LogP contribution < -0.4 is 25.4 Å². The SMILES string of the molecule is COc1cc(C(=O)CCc2n[nH]c3nc(N)nc(O)c3c2=O)cc(OC)c1OC. The van der Waals surface area contributed by atoms with Crippen molar-refractivity contribution in [2.75, 3.05) is 27.1 Å². The van der Waals surface area contributed by atoms with Crippen LogP contribution in [0.25, 0.3) is 11.0 Å². The number of ether oxygens (including phenoxy) is 3. The molecule has 4 N–H and O–H groups in total. The van der Waals surface area contributed by atoms with Crippen molar-refractivity contribution in [2.45, 2.75) is 12.8 Å². The number of Topliss-reactive ketones (excluding diaryl/α,β-unsaturated/α-hetero) is 1. The summed E-state index contributed by atoms with van der Waals surface area (Å²) in [5.41, 5.74) is 5.26. The van der Waals surface area contributed by atoms with Crippen molar-refractivity contribution < 1.29 is 24.1 Å². The molecular weight excluding hydrogens is 382 g/mol. The van der Waals surface area contributed by atoms with Crippen molar-refractivity contribution in [1.82, 2.24) is 20.2 Å². The second-order valence-corrected chi connectivity index (χ2v) is 5.97. The number of hydrogen-bond acceptors (Lipinski definition) is 10. The fourth-order valence-electron chi connectivity index (χ4n) is 2.86. The molecule has 0 saturated heterocycles. The number of fused-ring (bicyclic) bond motifs is 1. The van der Waals surface area contributed by atoms with Gasteiger partial charge in [-0.2, -0.15) is 15.1 Å². The minimum Gasteiger partial charge on any atom is -0.493 e. The van der Waals surface area contributed by atoms with Crippen LogP contribution in [-0.4, -0.2) is 52.4 Å². The van der Waals surface area contributed by atoms with Gasteiger partial charge in [-0.25, -0.2) is 0 Å². The number of aromatic nitrogens is 4. The predicted molar refractivity (Wildman–Crippen MR) is 103 cm³/mol. The fraction of sp³-hybridized carbons (Fsp3) is 0.278. The molecule has 3 aromatic rings. The van der Waals surface area contributed by atoms with E-state index in [-0.39, 0.29) is 41.3 Å². The van der Waals surface area contributed by atoms with E-state index in [1.807, 2.05) is 0 Å². The van der Waals surface area contributed by atoms with Crippen molar-refractivity contribution in [3.05, 3.63) is 33.6 Å². The van der Waals surface area contributed by atoms with Crippen LogP contribution in [0.1, 0.15) is 22.5 Å². The number of aromatic hydroxyl groups is 1. The van der Waals surface area contributed by atoms with E-state index in [0.717, 1.165) is 0 Å². The number of rotatable bonds is 7. The third-order valence-electron chi connectivity index (χ3n) is 4.27. The van der Waals surface area contributed by atoms with Gasteiger partial charge in [0.05, 0.1) is 21.3 Å². The van der Waals surface area contributed by atoms with Gasteiger partial charge in [0.15, 0.2) is 22.9 Å². The van der Waals surface area contributed by atoms with E-state index < -0.39 is 11.3 Å². The average molecular weight is 401 g/mol. The van der Waals surface area contributed by atoms with E-state index in [4.69, 9.17) is 19.9 Å². The minimum atomic E-state index is -0.575. The molecule has 0 spiro atoms. The van der Waals surface area contributed by atoms with Gasteiger partial charge in [-0.15, -0.1) is 0 Å². The molecule has 0 amide bonds. The molecule has 2 heterocycles. The number of anilines is 1. The second kappa shape index (κ2) is 8.00. The molecule has 11 nitrogen and oxygen atoms in total. The second-order valence-electron chi connectivity index (χ2n) is 5.97. The largest absolute Gasteiger partial charge is 0.493 e. The molecule has 0 atom stereocenters. The molecule has 0 saturated carbocycles. The number of aryl methyl sites for hydroxylation is 1. The number of H-pyrrole nitrogens is 1. The van der Waals surface area contributed by atoms with Crippen molar-refractivity contribution in [3.8, 4) is 23.1 Å². The van der Waals surface area contributed by atoms with Gasteiger partial charge in [0.1, 0.15) is 11.1 Å². The first-order valence-electron chi connectivity index (χ1n) is 8.46. The highest BCUT2D eigenvalue weighted by molar-refractivity contribution is 5.97. The zero-order valence-corrected chi connectivity index (χ0v) is 16.0. The van der Waals surface area contributed by atoms with Crippen LogP contribution in [0.3, 0.4) is 0 Å².